The Hall–Kier alpha value is -3.32. The molecule has 4 rings (SSSR count). The summed E-state index contributed by atoms with van der Waals surface area (Å²) >= 11 is 5.84. The van der Waals surface area contributed by atoms with Crippen molar-refractivity contribution >= 4 is 40.6 Å². The molecular weight excluding hydrogens is 414 g/mol. The average molecular weight is 438 g/mol. The lowest BCUT2D eigenvalue weighted by molar-refractivity contribution is -0.118. The Morgan fingerprint density at radius 3 is 2.42 bits per heavy atom. The molecule has 8 heteroatoms. The van der Waals surface area contributed by atoms with Gasteiger partial charge in [0, 0.05) is 41.2 Å². The molecule has 2 aromatic carbocycles. The van der Waals surface area contributed by atoms with Crippen molar-refractivity contribution in [2.75, 3.05) is 35.2 Å². The molecule has 31 heavy (non-hydrogen) atoms. The largest absolute Gasteiger partial charge is 0.484 e. The highest BCUT2D eigenvalue weighted by Crippen LogP contribution is 2.22. The van der Waals surface area contributed by atoms with Crippen molar-refractivity contribution in [1.29, 1.82) is 0 Å². The molecule has 2 heterocycles. The summed E-state index contributed by atoms with van der Waals surface area (Å²) in [4.78, 5) is 23.5. The summed E-state index contributed by atoms with van der Waals surface area (Å²) in [5.74, 6) is 1.87. The van der Waals surface area contributed by atoms with Crippen LogP contribution in [0.15, 0.2) is 54.6 Å². The second-order valence-electron chi connectivity index (χ2n) is 7.38. The Balaban J connectivity index is 1.33. The van der Waals surface area contributed by atoms with Gasteiger partial charge in [0.05, 0.1) is 0 Å². The number of carbonyl (C=O) groups is 1. The molecule has 1 saturated heterocycles. The minimum absolute atomic E-state index is 0.0822. The fourth-order valence-electron chi connectivity index (χ4n) is 3.34. The van der Waals surface area contributed by atoms with E-state index >= 15 is 0 Å². The number of anilines is 4. The lowest BCUT2D eigenvalue weighted by Gasteiger charge is -2.17. The van der Waals surface area contributed by atoms with E-state index in [2.05, 4.69) is 25.5 Å². The lowest BCUT2D eigenvalue weighted by Crippen LogP contribution is -2.21. The third kappa shape index (κ3) is 5.86. The molecule has 0 unspecified atom stereocenters. The molecule has 0 bridgehead atoms. The van der Waals surface area contributed by atoms with Gasteiger partial charge in [0.2, 0.25) is 5.95 Å². The van der Waals surface area contributed by atoms with Gasteiger partial charge in [-0.2, -0.15) is 4.98 Å². The van der Waals surface area contributed by atoms with Gasteiger partial charge in [0.1, 0.15) is 11.6 Å². The molecule has 1 aliphatic heterocycles. The number of nitrogens with one attached hydrogen (secondary N) is 2. The molecule has 3 aromatic rings. The molecule has 1 aromatic heterocycles. The number of aromatic nitrogens is 2. The molecule has 0 spiro atoms. The predicted molar refractivity (Wildman–Crippen MR) is 124 cm³/mol. The van der Waals surface area contributed by atoms with Crippen molar-refractivity contribution in [3.8, 4) is 5.75 Å². The number of nitrogens with zero attached hydrogens (tertiary/aromatic N) is 3. The van der Waals surface area contributed by atoms with Crippen molar-refractivity contribution in [2.24, 2.45) is 0 Å². The molecular formula is C23H24ClN5O2. The fourth-order valence-corrected chi connectivity index (χ4v) is 3.46. The van der Waals surface area contributed by atoms with Crippen LogP contribution in [-0.2, 0) is 4.79 Å². The summed E-state index contributed by atoms with van der Waals surface area (Å²) in [6.45, 7) is 3.89. The van der Waals surface area contributed by atoms with Gasteiger partial charge in [0.15, 0.2) is 6.61 Å². The van der Waals surface area contributed by atoms with Gasteiger partial charge in [0.25, 0.3) is 5.91 Å². The number of halogens is 1. The van der Waals surface area contributed by atoms with Crippen LogP contribution in [0.2, 0.25) is 5.02 Å². The summed E-state index contributed by atoms with van der Waals surface area (Å²) in [6.07, 6.45) is 2.36. The Labute approximate surface area is 186 Å². The third-order valence-corrected chi connectivity index (χ3v) is 5.11. The first-order valence-electron chi connectivity index (χ1n) is 10.2. The summed E-state index contributed by atoms with van der Waals surface area (Å²) in [6, 6.07) is 16.2. The highest BCUT2D eigenvalue weighted by Gasteiger charge is 2.16. The molecule has 7 nitrogen and oxygen atoms in total. The van der Waals surface area contributed by atoms with Crippen LogP contribution in [0.25, 0.3) is 0 Å². The number of hydrogen-bond donors (Lipinski definition) is 2. The predicted octanol–water partition coefficient (Wildman–Crippen LogP) is 4.80. The highest BCUT2D eigenvalue weighted by atomic mass is 35.5. The quantitative estimate of drug-likeness (QED) is 0.552. The van der Waals surface area contributed by atoms with Crippen LogP contribution in [0, 0.1) is 6.92 Å². The minimum atomic E-state index is -0.239. The SMILES string of the molecule is Cc1cc(Nc2ccc(NC(=O)COc3ccc(Cl)cc3)cc2)nc(N2CCCC2)n1. The zero-order valence-corrected chi connectivity index (χ0v) is 18.0. The number of ether oxygens (including phenoxy) is 1. The number of benzene rings is 2. The topological polar surface area (TPSA) is 79.4 Å². The minimum Gasteiger partial charge on any atom is -0.484 e. The number of hydrogen-bond acceptors (Lipinski definition) is 6. The van der Waals surface area contributed by atoms with Crippen LogP contribution in [0.1, 0.15) is 18.5 Å². The Bertz CT molecular complexity index is 1030. The van der Waals surface area contributed by atoms with E-state index in [1.54, 1.807) is 24.3 Å². The van der Waals surface area contributed by atoms with Crippen LogP contribution in [0.5, 0.6) is 5.75 Å². The second-order valence-corrected chi connectivity index (χ2v) is 7.82. The summed E-state index contributed by atoms with van der Waals surface area (Å²) in [5, 5.41) is 6.75. The molecule has 2 N–H and O–H groups in total. The van der Waals surface area contributed by atoms with E-state index in [4.69, 9.17) is 16.3 Å². The smallest absolute Gasteiger partial charge is 0.262 e. The Morgan fingerprint density at radius 1 is 1.03 bits per heavy atom. The first-order valence-corrected chi connectivity index (χ1v) is 10.6. The molecule has 0 radical (unpaired) electrons. The first-order chi connectivity index (χ1) is 15.0. The Morgan fingerprint density at radius 2 is 1.71 bits per heavy atom. The van der Waals surface area contributed by atoms with Crippen LogP contribution in [0.3, 0.4) is 0 Å². The van der Waals surface area contributed by atoms with E-state index < -0.39 is 0 Å². The van der Waals surface area contributed by atoms with E-state index in [0.29, 0.717) is 16.5 Å². The molecule has 0 saturated carbocycles. The summed E-state index contributed by atoms with van der Waals surface area (Å²) in [5.41, 5.74) is 2.48. The van der Waals surface area contributed by atoms with Gasteiger partial charge in [-0.15, -0.1) is 0 Å². The molecule has 160 valence electrons. The standard InChI is InChI=1S/C23H24ClN5O2/c1-16-14-21(28-23(25-16)29-12-2-3-13-29)26-18-6-8-19(9-7-18)27-22(30)15-31-20-10-4-17(24)5-11-20/h4-11,14H,2-3,12-13,15H2,1H3,(H,27,30)(H,25,26,28). The molecule has 1 fully saturated rings. The number of aryl methyl sites for hydroxylation is 1. The maximum absolute atomic E-state index is 12.1. The van der Waals surface area contributed by atoms with Gasteiger partial charge >= 0.3 is 0 Å². The maximum Gasteiger partial charge on any atom is 0.262 e. The first kappa shape index (κ1) is 20.9. The van der Waals surface area contributed by atoms with Gasteiger partial charge < -0.3 is 20.3 Å². The van der Waals surface area contributed by atoms with E-state index in [9.17, 15) is 4.79 Å². The number of amides is 1. The van der Waals surface area contributed by atoms with Crippen molar-refractivity contribution in [2.45, 2.75) is 19.8 Å². The zero-order chi connectivity index (χ0) is 21.6. The van der Waals surface area contributed by atoms with E-state index in [1.807, 2.05) is 37.3 Å². The van der Waals surface area contributed by atoms with Crippen molar-refractivity contribution in [3.63, 3.8) is 0 Å². The van der Waals surface area contributed by atoms with E-state index in [-0.39, 0.29) is 12.5 Å². The average Bonchev–Trinajstić information content (AvgIpc) is 3.29. The number of rotatable bonds is 7. The second kappa shape index (κ2) is 9.66. The molecule has 0 atom stereocenters. The molecule has 0 aliphatic carbocycles. The van der Waals surface area contributed by atoms with Gasteiger partial charge in [-0.1, -0.05) is 11.6 Å². The summed E-state index contributed by atoms with van der Waals surface area (Å²) < 4.78 is 5.46. The third-order valence-electron chi connectivity index (χ3n) is 4.86. The summed E-state index contributed by atoms with van der Waals surface area (Å²) in [7, 11) is 0. The van der Waals surface area contributed by atoms with E-state index in [1.165, 1.54) is 12.8 Å². The van der Waals surface area contributed by atoms with Crippen molar-refractivity contribution in [1.82, 2.24) is 9.97 Å². The Kier molecular flexibility index (Phi) is 6.52. The van der Waals surface area contributed by atoms with Gasteiger partial charge in [-0.25, -0.2) is 4.98 Å². The molecule has 1 amide bonds. The highest BCUT2D eigenvalue weighted by molar-refractivity contribution is 6.30. The maximum atomic E-state index is 12.1. The normalized spacial score (nSPS) is 13.2. The van der Waals surface area contributed by atoms with Crippen molar-refractivity contribution in [3.05, 3.63) is 65.3 Å². The zero-order valence-electron chi connectivity index (χ0n) is 17.3. The van der Waals surface area contributed by atoms with Crippen molar-refractivity contribution < 1.29 is 9.53 Å². The van der Waals surface area contributed by atoms with Crippen LogP contribution >= 0.6 is 11.6 Å². The van der Waals surface area contributed by atoms with Crippen LogP contribution in [0.4, 0.5) is 23.1 Å². The molecule has 1 aliphatic rings. The van der Waals surface area contributed by atoms with Crippen LogP contribution < -0.4 is 20.3 Å². The lowest BCUT2D eigenvalue weighted by atomic mass is 10.2. The number of carbonyl (C=O) groups excluding carboxylic acids is 1. The monoisotopic (exact) mass is 437 g/mol. The van der Waals surface area contributed by atoms with E-state index in [0.717, 1.165) is 36.2 Å². The van der Waals surface area contributed by atoms with Gasteiger partial charge in [-0.3, -0.25) is 4.79 Å². The van der Waals surface area contributed by atoms with Crippen LogP contribution in [-0.4, -0.2) is 35.6 Å². The fraction of sp³-hybridized carbons (Fsp3) is 0.261. The van der Waals surface area contributed by atoms with Gasteiger partial charge in [-0.05, 0) is 68.3 Å².